The molecule has 0 spiro atoms. The number of esters is 1. The monoisotopic (exact) mass is 465 g/mol. The van der Waals surface area contributed by atoms with Crippen LogP contribution >= 0.6 is 0 Å². The summed E-state index contributed by atoms with van der Waals surface area (Å²) in [7, 11) is 0. The van der Waals surface area contributed by atoms with Gasteiger partial charge in [0, 0.05) is 23.4 Å². The van der Waals surface area contributed by atoms with Gasteiger partial charge in [-0.15, -0.1) is 5.10 Å². The zero-order valence-corrected chi connectivity index (χ0v) is 18.8. The fourth-order valence-corrected chi connectivity index (χ4v) is 3.79. The van der Waals surface area contributed by atoms with Crippen LogP contribution in [0.3, 0.4) is 0 Å². The van der Waals surface area contributed by atoms with Crippen molar-refractivity contribution in [1.29, 1.82) is 0 Å². The molecular weight excluding hydrogens is 442 g/mol. The number of aromatic hydroxyl groups is 1. The SMILES string of the molecule is CCOC(=O)C1=C(C)Nc2nc(-c3cccc([N+](=O)[O-])c3)nn2C1c1ccc(O)c(OCC)c1. The van der Waals surface area contributed by atoms with E-state index < -0.39 is 16.9 Å². The minimum atomic E-state index is -0.741. The Morgan fingerprint density at radius 1 is 1.24 bits per heavy atom. The number of nitrogens with zero attached hydrogens (tertiary/aromatic N) is 4. The van der Waals surface area contributed by atoms with E-state index in [1.54, 1.807) is 45.0 Å². The summed E-state index contributed by atoms with van der Waals surface area (Å²) in [5, 5.41) is 29.0. The highest BCUT2D eigenvalue weighted by Gasteiger charge is 2.35. The van der Waals surface area contributed by atoms with Crippen LogP contribution in [0.1, 0.15) is 32.4 Å². The van der Waals surface area contributed by atoms with E-state index in [4.69, 9.17) is 9.47 Å². The number of benzene rings is 2. The number of nitrogens with one attached hydrogen (secondary N) is 1. The van der Waals surface area contributed by atoms with E-state index in [0.29, 0.717) is 35.0 Å². The predicted octanol–water partition coefficient (Wildman–Crippen LogP) is 3.81. The number of ether oxygens (including phenoxy) is 2. The molecule has 34 heavy (non-hydrogen) atoms. The molecule has 0 saturated heterocycles. The predicted molar refractivity (Wildman–Crippen MR) is 122 cm³/mol. The van der Waals surface area contributed by atoms with Gasteiger partial charge in [0.2, 0.25) is 5.95 Å². The van der Waals surface area contributed by atoms with Crippen molar-refractivity contribution in [2.45, 2.75) is 26.8 Å². The van der Waals surface area contributed by atoms with Crippen LogP contribution in [0, 0.1) is 10.1 Å². The van der Waals surface area contributed by atoms with E-state index in [-0.39, 0.29) is 29.6 Å². The number of phenols is 1. The highest BCUT2D eigenvalue weighted by atomic mass is 16.6. The average Bonchev–Trinajstić information content (AvgIpc) is 3.23. The van der Waals surface area contributed by atoms with Crippen molar-refractivity contribution in [2.75, 3.05) is 18.5 Å². The van der Waals surface area contributed by atoms with Crippen LogP contribution in [-0.2, 0) is 9.53 Å². The topological polar surface area (TPSA) is 142 Å². The van der Waals surface area contributed by atoms with Crippen LogP contribution in [0.15, 0.2) is 53.7 Å². The number of carbonyl (C=O) groups excluding carboxylic acids is 1. The number of aromatic nitrogens is 3. The van der Waals surface area contributed by atoms with Gasteiger partial charge in [-0.25, -0.2) is 9.48 Å². The maximum atomic E-state index is 12.9. The zero-order valence-electron chi connectivity index (χ0n) is 18.8. The molecule has 2 aromatic carbocycles. The number of allylic oxidation sites excluding steroid dienone is 1. The van der Waals surface area contributed by atoms with Gasteiger partial charge in [0.25, 0.3) is 5.69 Å². The minimum absolute atomic E-state index is 0.0333. The maximum Gasteiger partial charge on any atom is 0.338 e. The summed E-state index contributed by atoms with van der Waals surface area (Å²) < 4.78 is 12.4. The molecule has 0 amide bonds. The van der Waals surface area contributed by atoms with Crippen molar-refractivity contribution in [2.24, 2.45) is 0 Å². The van der Waals surface area contributed by atoms with Crippen LogP contribution in [0.25, 0.3) is 11.4 Å². The molecule has 1 aromatic heterocycles. The molecule has 0 radical (unpaired) electrons. The number of anilines is 1. The molecule has 0 aliphatic carbocycles. The number of phenolic OH excluding ortho intramolecular Hbond substituents is 1. The largest absolute Gasteiger partial charge is 0.504 e. The van der Waals surface area contributed by atoms with Crippen molar-refractivity contribution in [3.63, 3.8) is 0 Å². The summed E-state index contributed by atoms with van der Waals surface area (Å²) in [4.78, 5) is 28.2. The zero-order chi connectivity index (χ0) is 24.4. The molecule has 0 fully saturated rings. The molecular formula is C23H23N5O6. The quantitative estimate of drug-likeness (QED) is 0.302. The fourth-order valence-electron chi connectivity index (χ4n) is 3.79. The molecule has 11 nitrogen and oxygen atoms in total. The molecule has 176 valence electrons. The van der Waals surface area contributed by atoms with Gasteiger partial charge < -0.3 is 19.9 Å². The van der Waals surface area contributed by atoms with Crippen LogP contribution in [0.2, 0.25) is 0 Å². The highest BCUT2D eigenvalue weighted by molar-refractivity contribution is 5.92. The lowest BCUT2D eigenvalue weighted by atomic mass is 9.95. The van der Waals surface area contributed by atoms with Gasteiger partial charge in [-0.05, 0) is 38.5 Å². The third-order valence-corrected chi connectivity index (χ3v) is 5.26. The molecule has 1 aliphatic rings. The number of nitro benzene ring substituents is 1. The third kappa shape index (κ3) is 4.15. The molecule has 11 heteroatoms. The van der Waals surface area contributed by atoms with Crippen molar-refractivity contribution in [3.05, 3.63) is 69.4 Å². The summed E-state index contributed by atoms with van der Waals surface area (Å²) in [6.07, 6.45) is 0. The average molecular weight is 465 g/mol. The molecule has 3 aromatic rings. The number of non-ortho nitro benzene ring substituents is 1. The Morgan fingerprint density at radius 3 is 2.74 bits per heavy atom. The number of rotatable bonds is 7. The molecule has 0 saturated carbocycles. The van der Waals surface area contributed by atoms with Gasteiger partial charge >= 0.3 is 5.97 Å². The van der Waals surface area contributed by atoms with Crippen LogP contribution < -0.4 is 10.1 Å². The van der Waals surface area contributed by atoms with Gasteiger partial charge in [-0.3, -0.25) is 10.1 Å². The summed E-state index contributed by atoms with van der Waals surface area (Å²) >= 11 is 0. The Bertz CT molecular complexity index is 1300. The first kappa shape index (κ1) is 22.8. The van der Waals surface area contributed by atoms with Crippen LogP contribution in [0.4, 0.5) is 11.6 Å². The van der Waals surface area contributed by atoms with E-state index in [1.807, 2.05) is 0 Å². The summed E-state index contributed by atoms with van der Waals surface area (Å²) in [6, 6.07) is 10.0. The molecule has 1 aliphatic heterocycles. The molecule has 4 rings (SSSR count). The first-order valence-corrected chi connectivity index (χ1v) is 10.7. The second-order valence-corrected chi connectivity index (χ2v) is 7.46. The van der Waals surface area contributed by atoms with Crippen molar-refractivity contribution < 1.29 is 24.3 Å². The second kappa shape index (κ2) is 9.22. The van der Waals surface area contributed by atoms with E-state index in [1.165, 1.54) is 22.9 Å². The first-order valence-electron chi connectivity index (χ1n) is 10.7. The van der Waals surface area contributed by atoms with Gasteiger partial charge in [0.05, 0.1) is 23.7 Å². The minimum Gasteiger partial charge on any atom is -0.504 e. The number of fused-ring (bicyclic) bond motifs is 1. The van der Waals surface area contributed by atoms with Crippen LogP contribution in [0.5, 0.6) is 11.5 Å². The van der Waals surface area contributed by atoms with Crippen LogP contribution in [-0.4, -0.2) is 44.0 Å². The second-order valence-electron chi connectivity index (χ2n) is 7.46. The fraction of sp³-hybridized carbons (Fsp3) is 0.261. The molecule has 1 unspecified atom stereocenters. The lowest BCUT2D eigenvalue weighted by Crippen LogP contribution is -2.29. The normalized spacial score (nSPS) is 14.9. The van der Waals surface area contributed by atoms with Crippen molar-refractivity contribution in [1.82, 2.24) is 14.8 Å². The molecule has 2 N–H and O–H groups in total. The van der Waals surface area contributed by atoms with E-state index >= 15 is 0 Å². The van der Waals surface area contributed by atoms with Gasteiger partial charge in [-0.2, -0.15) is 4.98 Å². The molecule has 2 heterocycles. The van der Waals surface area contributed by atoms with Gasteiger partial charge in [0.15, 0.2) is 17.3 Å². The standard InChI is InChI=1S/C23H23N5O6/c1-4-33-18-12-14(9-10-17(18)29)20-19(22(30)34-5-2)13(3)24-23-25-21(26-27(20)23)15-7-6-8-16(11-15)28(31)32/h6-12,20,29H,4-5H2,1-3H3,(H,24,25,26). The molecule has 1 atom stereocenters. The summed E-state index contributed by atoms with van der Waals surface area (Å²) in [5.41, 5.74) is 1.82. The summed E-state index contributed by atoms with van der Waals surface area (Å²) in [5.74, 6) is 0.302. The number of hydrogen-bond acceptors (Lipinski definition) is 9. The Balaban J connectivity index is 1.87. The summed E-state index contributed by atoms with van der Waals surface area (Å²) in [6.45, 7) is 5.77. The smallest absolute Gasteiger partial charge is 0.338 e. The Kier molecular flexibility index (Phi) is 6.17. The van der Waals surface area contributed by atoms with E-state index in [0.717, 1.165) is 0 Å². The third-order valence-electron chi connectivity index (χ3n) is 5.26. The highest BCUT2D eigenvalue weighted by Crippen LogP contribution is 2.39. The Morgan fingerprint density at radius 2 is 2.03 bits per heavy atom. The molecule has 0 bridgehead atoms. The Hall–Kier alpha value is -4.41. The lowest BCUT2D eigenvalue weighted by Gasteiger charge is -2.28. The van der Waals surface area contributed by atoms with E-state index in [2.05, 4.69) is 15.4 Å². The van der Waals surface area contributed by atoms with Crippen molar-refractivity contribution in [3.8, 4) is 22.9 Å². The van der Waals surface area contributed by atoms with Crippen molar-refractivity contribution >= 4 is 17.6 Å². The van der Waals surface area contributed by atoms with Gasteiger partial charge in [0.1, 0.15) is 6.04 Å². The number of carbonyl (C=O) groups is 1. The maximum absolute atomic E-state index is 12.9. The number of nitro groups is 1. The van der Waals surface area contributed by atoms with Gasteiger partial charge in [-0.1, -0.05) is 18.2 Å². The van der Waals surface area contributed by atoms with E-state index in [9.17, 15) is 20.0 Å². The lowest BCUT2D eigenvalue weighted by molar-refractivity contribution is -0.384. The number of hydrogen-bond donors (Lipinski definition) is 2. The first-order chi connectivity index (χ1) is 16.3. The Labute approximate surface area is 194 Å².